The van der Waals surface area contributed by atoms with Crippen LogP contribution in [0.3, 0.4) is 0 Å². The van der Waals surface area contributed by atoms with Crippen LogP contribution in [-0.4, -0.2) is 58.1 Å². The van der Waals surface area contributed by atoms with Crippen LogP contribution in [0, 0.1) is 55.7 Å². The lowest BCUT2D eigenvalue weighted by Gasteiger charge is -2.71. The van der Waals surface area contributed by atoms with Crippen LogP contribution >= 0.6 is 0 Å². The van der Waals surface area contributed by atoms with Crippen molar-refractivity contribution < 1.29 is 29.3 Å². The smallest absolute Gasteiger partial charge is 0.309 e. The zero-order valence-electron chi connectivity index (χ0n) is 33.8. The second-order valence-corrected chi connectivity index (χ2v) is 21.0. The minimum absolute atomic E-state index is 0.0188. The van der Waals surface area contributed by atoms with Crippen molar-refractivity contribution in [2.45, 2.75) is 151 Å². The maximum Gasteiger partial charge on any atom is 0.309 e. The lowest BCUT2D eigenvalue weighted by atomic mass is 9.33. The Hall–Kier alpha value is -2.51. The molecule has 1 heterocycles. The Labute approximate surface area is 317 Å². The van der Waals surface area contributed by atoms with Crippen LogP contribution in [0.2, 0.25) is 0 Å². The fraction of sp³-hybridized carbons (Fsp3) is 0.761. The number of nitrogens with zero attached hydrogens (tertiary/aromatic N) is 1. The highest BCUT2D eigenvalue weighted by Crippen LogP contribution is 2.87. The number of ketones is 1. The Morgan fingerprint density at radius 1 is 0.925 bits per heavy atom. The third kappa shape index (κ3) is 4.99. The largest absolute Gasteiger partial charge is 0.481 e. The first-order valence-corrected chi connectivity index (χ1v) is 21.0. The first-order valence-electron chi connectivity index (χ1n) is 21.0. The first-order chi connectivity index (χ1) is 24.8. The summed E-state index contributed by atoms with van der Waals surface area (Å²) in [5, 5.41) is 22.1. The summed E-state index contributed by atoms with van der Waals surface area (Å²) in [6.07, 6.45) is 9.85. The molecule has 7 aliphatic rings. The molecule has 0 amide bonds. The van der Waals surface area contributed by atoms with Gasteiger partial charge in [-0.2, -0.15) is 0 Å². The minimum atomic E-state index is -1.15. The molecule has 5 fully saturated rings. The number of aliphatic carboxylic acids is 1. The van der Waals surface area contributed by atoms with E-state index in [4.69, 9.17) is 4.74 Å². The van der Waals surface area contributed by atoms with E-state index in [2.05, 4.69) is 70.7 Å². The van der Waals surface area contributed by atoms with Gasteiger partial charge in [0.1, 0.15) is 6.10 Å². The number of carbonyl (C=O) groups is 3. The molecule has 1 aromatic carbocycles. The number of allylic oxidation sites excluding steroid dienone is 1. The molecule has 1 aliphatic heterocycles. The number of carbonyl (C=O) groups excluding carboxylic acids is 2. The number of carboxylic acid groups (broad SMARTS) is 1. The molecule has 0 radical (unpaired) electrons. The van der Waals surface area contributed by atoms with E-state index < -0.39 is 22.9 Å². The molecule has 1 aromatic rings. The van der Waals surface area contributed by atoms with Crippen molar-refractivity contribution in [3.63, 3.8) is 0 Å². The number of hydrogen-bond donors (Lipinski definition) is 2. The molecule has 0 bridgehead atoms. The number of β-amino-alcohol motifs (C(OH)–C–C–N with tert-alkyl or cyclic N) is 1. The third-order valence-electron chi connectivity index (χ3n) is 18.1. The zero-order chi connectivity index (χ0) is 38.1. The molecule has 8 rings (SSSR count). The van der Waals surface area contributed by atoms with Crippen LogP contribution in [0.5, 0.6) is 0 Å². The van der Waals surface area contributed by atoms with Gasteiger partial charge < -0.3 is 14.9 Å². The molecular weight excluding hydrogens is 663 g/mol. The standard InChI is InChI=1S/C46H65NO6/c1-28(2)37-32(48)23-45(34(49)26-47-22-16-29-11-9-10-12-30(29)25-47)20-18-41(5)31(38(37)45)13-14-33-42(41,6)19-21-46-27-44(46,8)35(15-17-43(33,46)7)53-36(50)24-40(3,4)39(51)52/h9-12,28,31,33-35,49H,13-27H2,1-8H3,(H,51,52)/t31-,33+,34-,35+,41-,42-,43-,44?,45+,46+/m1/s1. The van der Waals surface area contributed by atoms with Gasteiger partial charge in [-0.25, -0.2) is 0 Å². The van der Waals surface area contributed by atoms with Gasteiger partial charge in [-0.15, -0.1) is 0 Å². The minimum Gasteiger partial charge on any atom is -0.481 e. The number of esters is 1. The summed E-state index contributed by atoms with van der Waals surface area (Å²) in [7, 11) is 0. The molecule has 0 aromatic heterocycles. The Morgan fingerprint density at radius 2 is 1.62 bits per heavy atom. The van der Waals surface area contributed by atoms with Crippen molar-refractivity contribution in [3.05, 3.63) is 46.5 Å². The predicted octanol–water partition coefficient (Wildman–Crippen LogP) is 8.55. The van der Waals surface area contributed by atoms with Crippen LogP contribution in [-0.2, 0) is 32.1 Å². The van der Waals surface area contributed by atoms with E-state index in [0.717, 1.165) is 82.9 Å². The summed E-state index contributed by atoms with van der Waals surface area (Å²) in [4.78, 5) is 41.5. The molecule has 5 saturated carbocycles. The topological polar surface area (TPSA) is 104 Å². The number of aliphatic hydroxyl groups excluding tert-OH is 1. The summed E-state index contributed by atoms with van der Waals surface area (Å²) >= 11 is 0. The van der Waals surface area contributed by atoms with Crippen LogP contribution in [0.4, 0.5) is 0 Å². The van der Waals surface area contributed by atoms with E-state index in [1.165, 1.54) is 16.7 Å². The van der Waals surface area contributed by atoms with E-state index in [1.807, 2.05) is 0 Å². The fourth-order valence-corrected chi connectivity index (χ4v) is 14.8. The monoisotopic (exact) mass is 727 g/mol. The van der Waals surface area contributed by atoms with Crippen LogP contribution < -0.4 is 0 Å². The lowest BCUT2D eigenvalue weighted by Crippen LogP contribution is -2.65. The van der Waals surface area contributed by atoms with Crippen molar-refractivity contribution in [3.8, 4) is 0 Å². The molecule has 10 atom stereocenters. The first kappa shape index (κ1) is 37.4. The molecule has 7 nitrogen and oxygen atoms in total. The van der Waals surface area contributed by atoms with E-state index in [-0.39, 0.29) is 63.2 Å². The molecule has 6 aliphatic carbocycles. The Morgan fingerprint density at radius 3 is 2.32 bits per heavy atom. The Kier molecular flexibility index (Phi) is 8.47. The SMILES string of the molecule is CC(C)C1=C2[C@H]3CC[C@@H]4[C@@]5(C)CC[C@H](OC(=O)CC(C)(C)C(=O)O)C6(C)C[C@]65CC[C@@]4(C)[C@]3(C)CC[C@@]2([C@H](O)CN2CCc3ccccc3C2)CC1=O. The fourth-order valence-electron chi connectivity index (χ4n) is 14.8. The summed E-state index contributed by atoms with van der Waals surface area (Å²) in [5.74, 6) is -0.133. The normalized spacial score (nSPS) is 42.5. The summed E-state index contributed by atoms with van der Waals surface area (Å²) < 4.78 is 6.22. The number of Topliss-reactive ketones (excluding diaryl/α,β-unsaturated/α-hetero) is 1. The quantitative estimate of drug-likeness (QED) is 0.259. The van der Waals surface area contributed by atoms with Crippen LogP contribution in [0.15, 0.2) is 35.4 Å². The summed E-state index contributed by atoms with van der Waals surface area (Å²) in [6.45, 7) is 20.1. The molecule has 53 heavy (non-hydrogen) atoms. The molecule has 1 spiro atoms. The van der Waals surface area contributed by atoms with E-state index >= 15 is 0 Å². The van der Waals surface area contributed by atoms with Gasteiger partial charge >= 0.3 is 11.9 Å². The number of aliphatic hydroxyl groups is 1. The Balaban J connectivity index is 1.07. The van der Waals surface area contributed by atoms with Crippen molar-refractivity contribution in [1.29, 1.82) is 0 Å². The van der Waals surface area contributed by atoms with Gasteiger partial charge in [0.25, 0.3) is 0 Å². The summed E-state index contributed by atoms with van der Waals surface area (Å²) in [5.41, 5.74) is 3.77. The zero-order valence-corrected chi connectivity index (χ0v) is 33.8. The summed E-state index contributed by atoms with van der Waals surface area (Å²) in [6, 6.07) is 8.69. The number of ether oxygens (including phenoxy) is 1. The average molecular weight is 728 g/mol. The molecule has 290 valence electrons. The van der Waals surface area contributed by atoms with E-state index in [0.29, 0.717) is 18.9 Å². The number of hydrogen-bond acceptors (Lipinski definition) is 6. The second-order valence-electron chi connectivity index (χ2n) is 21.0. The molecular formula is C46H65NO6. The van der Waals surface area contributed by atoms with Gasteiger partial charge in [0.05, 0.1) is 17.9 Å². The number of fused-ring (bicyclic) bond motifs is 7. The number of benzene rings is 1. The van der Waals surface area contributed by atoms with Crippen molar-refractivity contribution in [1.82, 2.24) is 4.90 Å². The highest BCUT2D eigenvalue weighted by molar-refractivity contribution is 6.00. The predicted molar refractivity (Wildman–Crippen MR) is 205 cm³/mol. The Bertz CT molecular complexity index is 1760. The van der Waals surface area contributed by atoms with E-state index in [1.54, 1.807) is 13.8 Å². The van der Waals surface area contributed by atoms with Gasteiger partial charge in [0.2, 0.25) is 0 Å². The number of carboxylic acids is 1. The van der Waals surface area contributed by atoms with Crippen LogP contribution in [0.25, 0.3) is 0 Å². The van der Waals surface area contributed by atoms with Gasteiger partial charge in [0, 0.05) is 36.9 Å². The van der Waals surface area contributed by atoms with Crippen LogP contribution in [0.1, 0.15) is 137 Å². The van der Waals surface area contributed by atoms with Crippen molar-refractivity contribution in [2.24, 2.45) is 55.7 Å². The van der Waals surface area contributed by atoms with Gasteiger partial charge in [-0.3, -0.25) is 19.3 Å². The highest BCUT2D eigenvalue weighted by Gasteiger charge is 2.82. The van der Waals surface area contributed by atoms with Gasteiger partial charge in [-0.1, -0.05) is 71.4 Å². The molecule has 2 N–H and O–H groups in total. The molecule has 7 heteroatoms. The number of rotatable bonds is 8. The van der Waals surface area contributed by atoms with Crippen molar-refractivity contribution in [2.75, 3.05) is 13.1 Å². The maximum atomic E-state index is 14.2. The van der Waals surface area contributed by atoms with Gasteiger partial charge in [0.15, 0.2) is 5.78 Å². The highest BCUT2D eigenvalue weighted by atomic mass is 16.5. The maximum absolute atomic E-state index is 14.2. The van der Waals surface area contributed by atoms with Gasteiger partial charge in [-0.05, 0) is 134 Å². The lowest BCUT2D eigenvalue weighted by molar-refractivity contribution is -0.221. The van der Waals surface area contributed by atoms with Crippen molar-refractivity contribution >= 4 is 17.7 Å². The molecule has 0 saturated heterocycles. The van der Waals surface area contributed by atoms with E-state index in [9.17, 15) is 24.6 Å². The second kappa shape index (κ2) is 12.0. The third-order valence-corrected chi connectivity index (χ3v) is 18.1. The molecule has 1 unspecified atom stereocenters. The average Bonchev–Trinajstić information content (AvgIpc) is 3.61.